The maximum absolute atomic E-state index is 12.3. The number of nitrogens with zero attached hydrogens (tertiary/aromatic N) is 1. The molecule has 0 aromatic heterocycles. The van der Waals surface area contributed by atoms with E-state index in [-0.39, 0.29) is 5.91 Å². The van der Waals surface area contributed by atoms with Gasteiger partial charge in [0.2, 0.25) is 0 Å². The molecule has 1 amide bonds. The Morgan fingerprint density at radius 1 is 1.07 bits per heavy atom. The monoisotopic (exact) mass is 444 g/mol. The van der Waals surface area contributed by atoms with Crippen molar-refractivity contribution < 1.29 is 19.0 Å². The van der Waals surface area contributed by atoms with E-state index in [1.807, 2.05) is 18.2 Å². The highest BCUT2D eigenvalue weighted by molar-refractivity contribution is 9.10. The lowest BCUT2D eigenvalue weighted by molar-refractivity contribution is 0.0954. The van der Waals surface area contributed by atoms with Crippen LogP contribution in [-0.2, 0) is 0 Å². The van der Waals surface area contributed by atoms with E-state index in [1.54, 1.807) is 36.6 Å². The lowest BCUT2D eigenvalue weighted by Crippen LogP contribution is -2.17. The molecule has 0 radical (unpaired) electrons. The second-order valence-corrected chi connectivity index (χ2v) is 6.31. The summed E-state index contributed by atoms with van der Waals surface area (Å²) < 4.78 is 17.0. The molecule has 0 aliphatic heterocycles. The maximum Gasteiger partial charge on any atom is 0.271 e. The molecule has 0 heterocycles. The van der Waals surface area contributed by atoms with Crippen LogP contribution in [0.25, 0.3) is 0 Å². The highest BCUT2D eigenvalue weighted by Gasteiger charge is 2.10. The summed E-state index contributed by atoms with van der Waals surface area (Å²) >= 11 is 3.44. The molecule has 1 N–H and O–H groups in total. The van der Waals surface area contributed by atoms with Gasteiger partial charge in [-0.25, -0.2) is 5.43 Å². The van der Waals surface area contributed by atoms with Crippen LogP contribution in [0.1, 0.15) is 15.9 Å². The number of carbonyl (C=O) groups excluding carboxylic acids is 1. The fourth-order valence-electron chi connectivity index (χ4n) is 2.17. The molecule has 0 aliphatic carbocycles. The summed E-state index contributed by atoms with van der Waals surface area (Å²) in [6.45, 7) is 7.98. The SMILES string of the molecule is C=CCOc1ccc(/C=N/NC(=O)c2ccc(OCC=C)c(OC)c2)cc1Br. The van der Waals surface area contributed by atoms with E-state index >= 15 is 0 Å². The maximum atomic E-state index is 12.3. The van der Waals surface area contributed by atoms with Crippen LogP contribution >= 0.6 is 15.9 Å². The summed E-state index contributed by atoms with van der Waals surface area (Å²) in [4.78, 5) is 12.3. The quantitative estimate of drug-likeness (QED) is 0.336. The van der Waals surface area contributed by atoms with Gasteiger partial charge in [0, 0.05) is 5.56 Å². The number of amides is 1. The van der Waals surface area contributed by atoms with E-state index in [0.717, 1.165) is 10.0 Å². The van der Waals surface area contributed by atoms with Gasteiger partial charge in [0.1, 0.15) is 19.0 Å². The molecule has 0 aliphatic rings. The minimum Gasteiger partial charge on any atom is -0.493 e. The number of rotatable bonds is 10. The first-order chi connectivity index (χ1) is 13.6. The molecule has 28 heavy (non-hydrogen) atoms. The lowest BCUT2D eigenvalue weighted by atomic mass is 10.2. The van der Waals surface area contributed by atoms with Crippen molar-refractivity contribution in [1.82, 2.24) is 5.43 Å². The number of halogens is 1. The fraction of sp³-hybridized carbons (Fsp3) is 0.143. The lowest BCUT2D eigenvalue weighted by Gasteiger charge is -2.10. The summed E-state index contributed by atoms with van der Waals surface area (Å²) in [5, 5.41) is 3.99. The molecule has 2 aromatic rings. The van der Waals surface area contributed by atoms with Gasteiger partial charge in [-0.3, -0.25) is 4.79 Å². The minimum absolute atomic E-state index is 0.346. The van der Waals surface area contributed by atoms with Crippen LogP contribution in [0.15, 0.2) is 71.3 Å². The van der Waals surface area contributed by atoms with Crippen molar-refractivity contribution in [2.75, 3.05) is 20.3 Å². The van der Waals surface area contributed by atoms with Crippen LogP contribution in [0, 0.1) is 0 Å². The van der Waals surface area contributed by atoms with Crippen molar-refractivity contribution in [2.45, 2.75) is 0 Å². The van der Waals surface area contributed by atoms with Gasteiger partial charge in [-0.15, -0.1) is 0 Å². The van der Waals surface area contributed by atoms with Crippen LogP contribution in [0.5, 0.6) is 17.2 Å². The van der Waals surface area contributed by atoms with Gasteiger partial charge < -0.3 is 14.2 Å². The first kappa shape index (κ1) is 21.2. The first-order valence-corrected chi connectivity index (χ1v) is 9.16. The van der Waals surface area contributed by atoms with Gasteiger partial charge >= 0.3 is 0 Å². The summed E-state index contributed by atoms with van der Waals surface area (Å²) in [7, 11) is 1.51. The van der Waals surface area contributed by atoms with Gasteiger partial charge in [0.05, 0.1) is 17.8 Å². The number of hydrazone groups is 1. The summed E-state index contributed by atoms with van der Waals surface area (Å²) in [6.07, 6.45) is 4.84. The Balaban J connectivity index is 2.02. The highest BCUT2D eigenvalue weighted by atomic mass is 79.9. The molecule has 2 aromatic carbocycles. The number of methoxy groups -OCH3 is 1. The van der Waals surface area contributed by atoms with Crippen LogP contribution in [0.2, 0.25) is 0 Å². The summed E-state index contributed by atoms with van der Waals surface area (Å²) in [5.74, 6) is 1.32. The molecular formula is C21H21BrN2O4. The second kappa shape index (κ2) is 10.9. The smallest absolute Gasteiger partial charge is 0.271 e. The largest absolute Gasteiger partial charge is 0.493 e. The molecule has 0 atom stereocenters. The Labute approximate surface area is 172 Å². The third-order valence-electron chi connectivity index (χ3n) is 3.47. The number of hydrogen-bond donors (Lipinski definition) is 1. The van der Waals surface area contributed by atoms with Gasteiger partial charge in [-0.05, 0) is 57.9 Å². The Kier molecular flexibility index (Phi) is 8.30. The number of carbonyl (C=O) groups is 1. The topological polar surface area (TPSA) is 69.2 Å². The molecule has 0 bridgehead atoms. The molecule has 0 spiro atoms. The zero-order chi connectivity index (χ0) is 20.4. The third-order valence-corrected chi connectivity index (χ3v) is 4.09. The van der Waals surface area contributed by atoms with Gasteiger partial charge in [0.15, 0.2) is 11.5 Å². The minimum atomic E-state index is -0.366. The van der Waals surface area contributed by atoms with E-state index in [9.17, 15) is 4.79 Å². The summed E-state index contributed by atoms with van der Waals surface area (Å²) in [5.41, 5.74) is 3.68. The second-order valence-electron chi connectivity index (χ2n) is 5.45. The number of nitrogens with one attached hydrogen (secondary N) is 1. The van der Waals surface area contributed by atoms with Gasteiger partial charge in [-0.1, -0.05) is 25.3 Å². The van der Waals surface area contributed by atoms with E-state index in [2.05, 4.69) is 39.6 Å². The number of benzene rings is 2. The Hall–Kier alpha value is -3.06. The van der Waals surface area contributed by atoms with Crippen molar-refractivity contribution >= 4 is 28.1 Å². The van der Waals surface area contributed by atoms with Crippen molar-refractivity contribution in [3.8, 4) is 17.2 Å². The Bertz CT molecular complexity index is 881. The average molecular weight is 445 g/mol. The molecule has 146 valence electrons. The normalized spacial score (nSPS) is 10.4. The van der Waals surface area contributed by atoms with Crippen molar-refractivity contribution in [1.29, 1.82) is 0 Å². The Morgan fingerprint density at radius 3 is 2.39 bits per heavy atom. The number of ether oxygens (including phenoxy) is 3. The van der Waals surface area contributed by atoms with Crippen LogP contribution in [0.4, 0.5) is 0 Å². The van der Waals surface area contributed by atoms with Crippen LogP contribution in [-0.4, -0.2) is 32.4 Å². The molecule has 0 saturated carbocycles. The van der Waals surface area contributed by atoms with Crippen molar-refractivity contribution in [3.63, 3.8) is 0 Å². The summed E-state index contributed by atoms with van der Waals surface area (Å²) in [6, 6.07) is 10.4. The fourth-order valence-corrected chi connectivity index (χ4v) is 2.68. The molecule has 0 unspecified atom stereocenters. The highest BCUT2D eigenvalue weighted by Crippen LogP contribution is 2.28. The molecular weight excluding hydrogens is 424 g/mol. The average Bonchev–Trinajstić information content (AvgIpc) is 2.71. The van der Waals surface area contributed by atoms with E-state index in [0.29, 0.717) is 36.0 Å². The molecule has 0 saturated heterocycles. The van der Waals surface area contributed by atoms with E-state index in [1.165, 1.54) is 7.11 Å². The van der Waals surface area contributed by atoms with Crippen LogP contribution in [0.3, 0.4) is 0 Å². The molecule has 6 nitrogen and oxygen atoms in total. The molecule has 2 rings (SSSR count). The molecule has 0 fully saturated rings. The van der Waals surface area contributed by atoms with E-state index in [4.69, 9.17) is 14.2 Å². The third kappa shape index (κ3) is 5.99. The standard InChI is InChI=1S/C21H21BrN2O4/c1-4-10-27-18-8-6-15(12-17(18)22)14-23-24-21(25)16-7-9-19(28-11-5-2)20(13-16)26-3/h4-9,12-14H,1-2,10-11H2,3H3,(H,24,25)/b23-14+. The van der Waals surface area contributed by atoms with Gasteiger partial charge in [0.25, 0.3) is 5.91 Å². The van der Waals surface area contributed by atoms with Crippen molar-refractivity contribution in [3.05, 3.63) is 77.3 Å². The van der Waals surface area contributed by atoms with Crippen LogP contribution < -0.4 is 19.6 Å². The first-order valence-electron chi connectivity index (χ1n) is 8.37. The van der Waals surface area contributed by atoms with Crippen molar-refractivity contribution in [2.24, 2.45) is 5.10 Å². The zero-order valence-electron chi connectivity index (χ0n) is 15.5. The molecule has 7 heteroatoms. The van der Waals surface area contributed by atoms with E-state index < -0.39 is 0 Å². The number of hydrogen-bond acceptors (Lipinski definition) is 5. The zero-order valence-corrected chi connectivity index (χ0v) is 17.1. The van der Waals surface area contributed by atoms with Gasteiger partial charge in [-0.2, -0.15) is 5.10 Å². The Morgan fingerprint density at radius 2 is 1.75 bits per heavy atom. The predicted molar refractivity (Wildman–Crippen MR) is 114 cm³/mol. The predicted octanol–water partition coefficient (Wildman–Crippen LogP) is 4.35.